The molecule has 0 aliphatic heterocycles. The Morgan fingerprint density at radius 2 is 2.06 bits per heavy atom. The van der Waals surface area contributed by atoms with Gasteiger partial charge in [0.1, 0.15) is 0 Å². The molecule has 1 fully saturated rings. The predicted octanol–water partition coefficient (Wildman–Crippen LogP) is 2.17. The second-order valence-corrected chi connectivity index (χ2v) is 5.03. The molecule has 0 aromatic carbocycles. The van der Waals surface area contributed by atoms with Gasteiger partial charge in [-0.3, -0.25) is 4.98 Å². The second kappa shape index (κ2) is 4.53. The van der Waals surface area contributed by atoms with E-state index >= 15 is 0 Å². The summed E-state index contributed by atoms with van der Waals surface area (Å²) < 4.78 is 2.26. The zero-order valence-corrected chi connectivity index (χ0v) is 10.4. The lowest BCUT2D eigenvalue weighted by molar-refractivity contribution is 0.307. The second-order valence-electron chi connectivity index (χ2n) is 5.03. The quantitative estimate of drug-likeness (QED) is 0.897. The fourth-order valence-corrected chi connectivity index (χ4v) is 2.98. The number of nitrogens with zero attached hydrogens (tertiary/aromatic N) is 3. The van der Waals surface area contributed by atoms with E-state index in [1.165, 1.54) is 12.8 Å². The third-order valence-corrected chi connectivity index (χ3v) is 4.02. The van der Waals surface area contributed by atoms with Crippen LogP contribution in [0.4, 0.5) is 0 Å². The minimum Gasteiger partial charge on any atom is -0.328 e. The lowest BCUT2D eigenvalue weighted by Crippen LogP contribution is -2.38. The lowest BCUT2D eigenvalue weighted by Gasteiger charge is -2.31. The van der Waals surface area contributed by atoms with Crippen molar-refractivity contribution in [1.82, 2.24) is 14.5 Å². The summed E-state index contributed by atoms with van der Waals surface area (Å²) in [6.45, 7) is 0.677. The van der Waals surface area contributed by atoms with Crippen molar-refractivity contribution in [3.63, 3.8) is 0 Å². The van der Waals surface area contributed by atoms with Gasteiger partial charge in [-0.05, 0) is 25.0 Å². The summed E-state index contributed by atoms with van der Waals surface area (Å²) in [5.41, 5.74) is 8.33. The van der Waals surface area contributed by atoms with Gasteiger partial charge >= 0.3 is 0 Å². The fourth-order valence-electron chi connectivity index (χ4n) is 2.98. The zero-order valence-electron chi connectivity index (χ0n) is 10.4. The summed E-state index contributed by atoms with van der Waals surface area (Å²) in [7, 11) is 0. The minimum atomic E-state index is 0.0572. The highest BCUT2D eigenvalue weighted by atomic mass is 15.1. The van der Waals surface area contributed by atoms with Crippen molar-refractivity contribution in [3.05, 3.63) is 37.1 Å². The molecule has 0 atom stereocenters. The van der Waals surface area contributed by atoms with Crippen molar-refractivity contribution in [2.45, 2.75) is 31.2 Å². The number of rotatable bonds is 3. The van der Waals surface area contributed by atoms with E-state index in [2.05, 4.69) is 20.6 Å². The molecule has 1 aliphatic carbocycles. The van der Waals surface area contributed by atoms with E-state index in [-0.39, 0.29) is 5.54 Å². The molecule has 2 heterocycles. The molecule has 4 heteroatoms. The summed E-state index contributed by atoms with van der Waals surface area (Å²) in [5.74, 6) is 0. The van der Waals surface area contributed by atoms with Gasteiger partial charge in [-0.25, -0.2) is 4.98 Å². The Balaban J connectivity index is 2.06. The van der Waals surface area contributed by atoms with E-state index in [1.807, 2.05) is 24.8 Å². The van der Waals surface area contributed by atoms with Crippen LogP contribution < -0.4 is 5.73 Å². The average molecular weight is 242 g/mol. The molecule has 0 unspecified atom stereocenters. The number of hydrogen-bond donors (Lipinski definition) is 1. The Hall–Kier alpha value is -1.68. The third-order valence-electron chi connectivity index (χ3n) is 4.02. The zero-order chi connectivity index (χ0) is 12.4. The molecule has 0 bridgehead atoms. The molecule has 18 heavy (non-hydrogen) atoms. The lowest BCUT2D eigenvalue weighted by atomic mass is 9.96. The van der Waals surface area contributed by atoms with Crippen molar-refractivity contribution in [2.75, 3.05) is 6.54 Å². The Morgan fingerprint density at radius 1 is 1.22 bits per heavy atom. The predicted molar refractivity (Wildman–Crippen MR) is 71.0 cm³/mol. The number of nitrogens with two attached hydrogens (primary N) is 1. The van der Waals surface area contributed by atoms with Crippen molar-refractivity contribution in [3.8, 4) is 11.3 Å². The SMILES string of the molecule is NCC1(n2cncc2-c2cccnc2)CCCC1. The normalized spacial score (nSPS) is 18.1. The van der Waals surface area contributed by atoms with E-state index in [0.717, 1.165) is 24.1 Å². The Labute approximate surface area is 107 Å². The van der Waals surface area contributed by atoms with Gasteiger partial charge < -0.3 is 10.3 Å². The first-order valence-corrected chi connectivity index (χ1v) is 6.49. The van der Waals surface area contributed by atoms with E-state index in [0.29, 0.717) is 6.54 Å². The van der Waals surface area contributed by atoms with Gasteiger partial charge in [-0.15, -0.1) is 0 Å². The molecular weight excluding hydrogens is 224 g/mol. The van der Waals surface area contributed by atoms with Gasteiger partial charge in [0, 0.05) is 24.5 Å². The Kier molecular flexibility index (Phi) is 2.88. The van der Waals surface area contributed by atoms with Crippen LogP contribution in [0.1, 0.15) is 25.7 Å². The summed E-state index contributed by atoms with van der Waals surface area (Å²) in [6, 6.07) is 4.02. The molecule has 1 saturated carbocycles. The maximum atomic E-state index is 6.04. The van der Waals surface area contributed by atoms with E-state index in [4.69, 9.17) is 5.73 Å². The van der Waals surface area contributed by atoms with Gasteiger partial charge in [0.05, 0.1) is 23.8 Å². The van der Waals surface area contributed by atoms with Crippen molar-refractivity contribution in [2.24, 2.45) is 5.73 Å². The van der Waals surface area contributed by atoms with Crippen LogP contribution in [0.25, 0.3) is 11.3 Å². The molecule has 1 aliphatic rings. The van der Waals surface area contributed by atoms with Gasteiger partial charge in [0.2, 0.25) is 0 Å². The number of hydrogen-bond acceptors (Lipinski definition) is 3. The van der Waals surface area contributed by atoms with Gasteiger partial charge in [0.15, 0.2) is 0 Å². The summed E-state index contributed by atoms with van der Waals surface area (Å²) in [6.07, 6.45) is 12.3. The Bertz CT molecular complexity index is 512. The highest BCUT2D eigenvalue weighted by Crippen LogP contribution is 2.38. The summed E-state index contributed by atoms with van der Waals surface area (Å²) in [5, 5.41) is 0. The monoisotopic (exact) mass is 242 g/mol. The first-order valence-electron chi connectivity index (χ1n) is 6.49. The molecule has 2 aromatic rings. The number of aromatic nitrogens is 3. The highest BCUT2D eigenvalue weighted by Gasteiger charge is 2.35. The molecule has 2 aromatic heterocycles. The maximum Gasteiger partial charge on any atom is 0.0956 e. The first kappa shape index (κ1) is 11.4. The van der Waals surface area contributed by atoms with Gasteiger partial charge in [-0.1, -0.05) is 12.8 Å². The molecule has 94 valence electrons. The van der Waals surface area contributed by atoms with Crippen molar-refractivity contribution >= 4 is 0 Å². The van der Waals surface area contributed by atoms with Crippen molar-refractivity contribution < 1.29 is 0 Å². The van der Waals surface area contributed by atoms with E-state index < -0.39 is 0 Å². The molecule has 2 N–H and O–H groups in total. The number of pyridine rings is 1. The molecule has 0 amide bonds. The van der Waals surface area contributed by atoms with Gasteiger partial charge in [0.25, 0.3) is 0 Å². The standard InChI is InChI=1S/C14H18N4/c15-10-14(5-1-2-6-14)18-11-17-9-13(18)12-4-3-7-16-8-12/h3-4,7-9,11H,1-2,5-6,10,15H2. The fraction of sp³-hybridized carbons (Fsp3) is 0.429. The number of imidazole rings is 1. The van der Waals surface area contributed by atoms with Crippen LogP contribution in [-0.4, -0.2) is 21.1 Å². The average Bonchev–Trinajstić information content (AvgIpc) is 3.09. The van der Waals surface area contributed by atoms with Crippen molar-refractivity contribution in [1.29, 1.82) is 0 Å². The van der Waals surface area contributed by atoms with Gasteiger partial charge in [-0.2, -0.15) is 0 Å². The van der Waals surface area contributed by atoms with Crippen LogP contribution in [0.3, 0.4) is 0 Å². The first-order chi connectivity index (χ1) is 8.86. The third kappa shape index (κ3) is 1.73. The van der Waals surface area contributed by atoms with Crippen LogP contribution in [0, 0.1) is 0 Å². The largest absolute Gasteiger partial charge is 0.328 e. The highest BCUT2D eigenvalue weighted by molar-refractivity contribution is 5.57. The smallest absolute Gasteiger partial charge is 0.0956 e. The maximum absolute atomic E-state index is 6.04. The van der Waals surface area contributed by atoms with Crippen LogP contribution in [0.15, 0.2) is 37.1 Å². The molecule has 0 saturated heterocycles. The molecule has 3 rings (SSSR count). The molecule has 4 nitrogen and oxygen atoms in total. The van der Waals surface area contributed by atoms with Crippen LogP contribution >= 0.6 is 0 Å². The van der Waals surface area contributed by atoms with Crippen LogP contribution in [-0.2, 0) is 5.54 Å². The molecule has 0 spiro atoms. The van der Waals surface area contributed by atoms with Crippen LogP contribution in [0.5, 0.6) is 0 Å². The van der Waals surface area contributed by atoms with E-state index in [1.54, 1.807) is 6.20 Å². The summed E-state index contributed by atoms with van der Waals surface area (Å²) >= 11 is 0. The molecular formula is C14H18N4. The van der Waals surface area contributed by atoms with Crippen LogP contribution in [0.2, 0.25) is 0 Å². The Morgan fingerprint density at radius 3 is 2.72 bits per heavy atom. The summed E-state index contributed by atoms with van der Waals surface area (Å²) in [4.78, 5) is 8.50. The molecule has 0 radical (unpaired) electrons. The topological polar surface area (TPSA) is 56.7 Å². The van der Waals surface area contributed by atoms with E-state index in [9.17, 15) is 0 Å². The minimum absolute atomic E-state index is 0.0572.